The molecule has 8 nitrogen and oxygen atoms in total. The number of rotatable bonds is 8. The van der Waals surface area contributed by atoms with E-state index in [2.05, 4.69) is 135 Å². The van der Waals surface area contributed by atoms with Crippen LogP contribution >= 0.6 is 0 Å². The summed E-state index contributed by atoms with van der Waals surface area (Å²) in [5, 5.41) is 18.3. The molecule has 0 saturated carbocycles. The summed E-state index contributed by atoms with van der Waals surface area (Å²) in [5.74, 6) is 1.43. The van der Waals surface area contributed by atoms with E-state index in [1.54, 1.807) is 0 Å². The fraction of sp³-hybridized carbons (Fsp3) is 0.0789. The van der Waals surface area contributed by atoms with Crippen LogP contribution in [-0.4, -0.2) is 39.6 Å². The van der Waals surface area contributed by atoms with Crippen molar-refractivity contribution in [2.45, 2.75) is 19.0 Å². The minimum atomic E-state index is -0.832. The molecule has 8 aromatic rings. The van der Waals surface area contributed by atoms with Crippen molar-refractivity contribution in [2.24, 2.45) is 0 Å². The molecule has 0 spiro atoms. The first-order valence-corrected chi connectivity index (χ1v) is 15.2. The lowest BCUT2D eigenvalue weighted by molar-refractivity contribution is 0.451. The molecule has 0 aliphatic rings. The van der Waals surface area contributed by atoms with Crippen LogP contribution in [0.2, 0.25) is 0 Å². The number of fused-ring (bicyclic) bond motifs is 1. The fourth-order valence-electron chi connectivity index (χ4n) is 6.44. The lowest BCUT2D eigenvalue weighted by Crippen LogP contribution is -2.39. The number of nitrogens with zero attached hydrogens (tertiary/aromatic N) is 8. The van der Waals surface area contributed by atoms with Crippen LogP contribution in [0, 0.1) is 6.92 Å². The summed E-state index contributed by atoms with van der Waals surface area (Å²) in [6, 6.07) is 50.4. The van der Waals surface area contributed by atoms with Crippen molar-refractivity contribution in [3.05, 3.63) is 180 Å². The highest BCUT2D eigenvalue weighted by Gasteiger charge is 2.42. The van der Waals surface area contributed by atoms with Crippen molar-refractivity contribution >= 4 is 5.65 Å². The second kappa shape index (κ2) is 11.4. The number of hydrogen-bond acceptors (Lipinski definition) is 5. The van der Waals surface area contributed by atoms with Crippen LogP contribution in [0.3, 0.4) is 0 Å². The molecule has 3 heterocycles. The highest BCUT2D eigenvalue weighted by atomic mass is 15.6. The molecule has 0 aliphatic carbocycles. The van der Waals surface area contributed by atoms with Gasteiger partial charge in [-0.1, -0.05) is 140 Å². The Kier molecular flexibility index (Phi) is 6.80. The van der Waals surface area contributed by atoms with Gasteiger partial charge >= 0.3 is 0 Å². The lowest BCUT2D eigenvalue weighted by Gasteiger charge is -2.36. The zero-order chi connectivity index (χ0) is 30.9. The minimum absolute atomic E-state index is 0.674. The van der Waals surface area contributed by atoms with Gasteiger partial charge in [0.05, 0.1) is 6.54 Å². The summed E-state index contributed by atoms with van der Waals surface area (Å²) < 4.78 is 5.89. The summed E-state index contributed by atoms with van der Waals surface area (Å²) in [4.78, 5) is 4.46. The SMILES string of the molecule is Cc1nc2ccn(Cc3ccc(-c4ccccc4-c4nnnn4C(c4ccccc4)(c4ccccc4)c4ccccc4)cc3)n2n1. The first-order valence-electron chi connectivity index (χ1n) is 15.2. The van der Waals surface area contributed by atoms with Gasteiger partial charge in [-0.2, -0.15) is 4.63 Å². The molecule has 0 saturated heterocycles. The maximum Gasteiger partial charge on any atom is 0.184 e. The number of aryl methyl sites for hydroxylation is 1. The predicted octanol–water partition coefficient (Wildman–Crippen LogP) is 7.05. The van der Waals surface area contributed by atoms with Crippen LogP contribution in [0.4, 0.5) is 0 Å². The van der Waals surface area contributed by atoms with Gasteiger partial charge in [-0.25, -0.2) is 9.67 Å². The van der Waals surface area contributed by atoms with Gasteiger partial charge in [-0.15, -0.1) is 10.2 Å². The summed E-state index contributed by atoms with van der Waals surface area (Å²) in [7, 11) is 0. The van der Waals surface area contributed by atoms with E-state index in [4.69, 9.17) is 10.3 Å². The Bertz CT molecular complexity index is 2130. The van der Waals surface area contributed by atoms with E-state index >= 15 is 0 Å². The molecule has 0 bridgehead atoms. The molecule has 0 atom stereocenters. The molecule has 0 unspecified atom stereocenters. The summed E-state index contributed by atoms with van der Waals surface area (Å²) in [6.45, 7) is 2.59. The number of tetrazole rings is 1. The number of benzene rings is 5. The first-order chi connectivity index (χ1) is 22.7. The van der Waals surface area contributed by atoms with Crippen molar-refractivity contribution in [2.75, 3.05) is 0 Å². The van der Waals surface area contributed by atoms with Gasteiger partial charge in [0, 0.05) is 17.8 Å². The van der Waals surface area contributed by atoms with E-state index < -0.39 is 5.54 Å². The van der Waals surface area contributed by atoms with Crippen molar-refractivity contribution < 1.29 is 0 Å². The first kappa shape index (κ1) is 27.4. The minimum Gasteiger partial charge on any atom is -0.266 e. The van der Waals surface area contributed by atoms with E-state index in [1.165, 1.54) is 0 Å². The monoisotopic (exact) mass is 598 g/mol. The molecule has 8 heteroatoms. The van der Waals surface area contributed by atoms with Gasteiger partial charge in [0.2, 0.25) is 0 Å². The van der Waals surface area contributed by atoms with Crippen molar-refractivity contribution in [1.82, 2.24) is 39.6 Å². The van der Waals surface area contributed by atoms with Crippen molar-refractivity contribution in [3.63, 3.8) is 0 Å². The molecule has 0 N–H and O–H groups in total. The highest BCUT2D eigenvalue weighted by molar-refractivity contribution is 5.81. The fourth-order valence-corrected chi connectivity index (χ4v) is 6.44. The van der Waals surface area contributed by atoms with Crippen molar-refractivity contribution in [3.8, 4) is 22.5 Å². The number of hydrogen-bond donors (Lipinski definition) is 0. The summed E-state index contributed by atoms with van der Waals surface area (Å²) >= 11 is 0. The Balaban J connectivity index is 1.26. The summed E-state index contributed by atoms with van der Waals surface area (Å²) in [5.41, 5.74) is 7.42. The molecule has 5 aromatic carbocycles. The molecule has 3 aromatic heterocycles. The van der Waals surface area contributed by atoms with Crippen LogP contribution in [0.25, 0.3) is 28.2 Å². The molecule has 0 amide bonds. The normalized spacial score (nSPS) is 11.7. The van der Waals surface area contributed by atoms with Gasteiger partial charge in [-0.3, -0.25) is 4.68 Å². The third-order valence-corrected chi connectivity index (χ3v) is 8.50. The van der Waals surface area contributed by atoms with E-state index in [1.807, 2.05) is 52.8 Å². The third kappa shape index (κ3) is 4.59. The Labute approximate surface area is 266 Å². The topological polar surface area (TPSA) is 78.7 Å². The Morgan fingerprint density at radius 1 is 0.609 bits per heavy atom. The third-order valence-electron chi connectivity index (χ3n) is 8.50. The van der Waals surface area contributed by atoms with E-state index in [-0.39, 0.29) is 0 Å². The standard InChI is InChI=1S/C38H30N8/c1-28-39-36-25-26-44(46(36)41-28)27-29-21-23-30(24-22-29)34-19-11-12-20-35(34)37-40-42-43-45(37)38(31-13-5-2-6-14-31,32-15-7-3-8-16-32)33-17-9-4-10-18-33/h2-26H,27H2,1H3. The number of aromatic nitrogens is 8. The van der Waals surface area contributed by atoms with Crippen LogP contribution in [0.1, 0.15) is 28.1 Å². The summed E-state index contributed by atoms with van der Waals surface area (Å²) in [6.07, 6.45) is 2.01. The van der Waals surface area contributed by atoms with Gasteiger partial charge in [-0.05, 0) is 50.7 Å². The van der Waals surface area contributed by atoms with Crippen LogP contribution in [-0.2, 0) is 12.1 Å². The highest BCUT2D eigenvalue weighted by Crippen LogP contribution is 2.43. The molecular weight excluding hydrogens is 568 g/mol. The van der Waals surface area contributed by atoms with Crippen LogP contribution < -0.4 is 0 Å². The molecule has 0 aliphatic heterocycles. The van der Waals surface area contributed by atoms with Crippen LogP contribution in [0.15, 0.2) is 152 Å². The zero-order valence-electron chi connectivity index (χ0n) is 25.2. The van der Waals surface area contributed by atoms with Gasteiger partial charge < -0.3 is 0 Å². The second-order valence-electron chi connectivity index (χ2n) is 11.3. The molecular formula is C38H30N8. The lowest BCUT2D eigenvalue weighted by atomic mass is 9.77. The molecule has 0 fully saturated rings. The second-order valence-corrected chi connectivity index (χ2v) is 11.3. The smallest absolute Gasteiger partial charge is 0.184 e. The maximum atomic E-state index is 4.75. The average Bonchev–Trinajstić information content (AvgIpc) is 3.84. The Morgan fingerprint density at radius 2 is 1.17 bits per heavy atom. The van der Waals surface area contributed by atoms with Gasteiger partial charge in [0.15, 0.2) is 11.5 Å². The van der Waals surface area contributed by atoms with Crippen molar-refractivity contribution in [1.29, 1.82) is 0 Å². The maximum absolute atomic E-state index is 4.75. The zero-order valence-corrected chi connectivity index (χ0v) is 25.2. The largest absolute Gasteiger partial charge is 0.266 e. The van der Waals surface area contributed by atoms with E-state index in [0.29, 0.717) is 12.4 Å². The molecule has 222 valence electrons. The Hall–Kier alpha value is -6.15. The average molecular weight is 599 g/mol. The predicted molar refractivity (Wildman–Crippen MR) is 178 cm³/mol. The Morgan fingerprint density at radius 3 is 1.78 bits per heavy atom. The molecule has 0 radical (unpaired) electrons. The van der Waals surface area contributed by atoms with E-state index in [0.717, 1.165) is 50.4 Å². The van der Waals surface area contributed by atoms with Gasteiger partial charge in [0.25, 0.3) is 0 Å². The van der Waals surface area contributed by atoms with Crippen LogP contribution in [0.5, 0.6) is 0 Å². The van der Waals surface area contributed by atoms with Gasteiger partial charge in [0.1, 0.15) is 11.4 Å². The molecule has 46 heavy (non-hydrogen) atoms. The molecule has 8 rings (SSSR count). The van der Waals surface area contributed by atoms with E-state index in [9.17, 15) is 0 Å². The quantitative estimate of drug-likeness (QED) is 0.175.